The molecule has 0 saturated heterocycles. The topological polar surface area (TPSA) is 17.0 Å². The molecule has 1 N–H and O–H groups in total. The molecule has 1 aromatic heterocycles. The van der Waals surface area contributed by atoms with Crippen LogP contribution in [0.1, 0.15) is 26.5 Å². The fourth-order valence-electron chi connectivity index (χ4n) is 1.96. The number of nitrogens with one attached hydrogen (secondary N) is 1. The van der Waals surface area contributed by atoms with Crippen LogP contribution in [0.25, 0.3) is 0 Å². The lowest BCUT2D eigenvalue weighted by molar-refractivity contribution is 0.416. The van der Waals surface area contributed by atoms with Crippen molar-refractivity contribution in [3.8, 4) is 0 Å². The molecule has 2 rings (SSSR count). The number of benzene rings is 1. The Hall–Kier alpha value is -1.19. The first kappa shape index (κ1) is 15.2. The van der Waals surface area contributed by atoms with Crippen molar-refractivity contribution >= 4 is 11.8 Å². The highest BCUT2D eigenvalue weighted by Crippen LogP contribution is 2.17. The summed E-state index contributed by atoms with van der Waals surface area (Å²) >= 11 is 1.91. The number of nitrogens with zero attached hydrogens (tertiary/aromatic N) is 1. The third kappa shape index (κ3) is 5.06. The predicted molar refractivity (Wildman–Crippen MR) is 88.2 cm³/mol. The summed E-state index contributed by atoms with van der Waals surface area (Å²) in [5, 5.41) is 3.55. The monoisotopic (exact) mass is 288 g/mol. The molecule has 0 aliphatic rings. The van der Waals surface area contributed by atoms with Gasteiger partial charge in [-0.15, -0.1) is 11.8 Å². The SMILES string of the molecule is CC(C)(C)NCc1cccn1CCSc1ccccc1. The van der Waals surface area contributed by atoms with Crippen molar-refractivity contribution in [1.29, 1.82) is 0 Å². The number of hydrogen-bond donors (Lipinski definition) is 1. The minimum atomic E-state index is 0.161. The van der Waals surface area contributed by atoms with E-state index in [4.69, 9.17) is 0 Å². The maximum atomic E-state index is 3.55. The number of aryl methyl sites for hydroxylation is 1. The van der Waals surface area contributed by atoms with Crippen LogP contribution in [0, 0.1) is 0 Å². The standard InChI is InChI=1S/C17H24N2S/c1-17(2,3)18-14-15-8-7-11-19(15)12-13-20-16-9-5-4-6-10-16/h4-11,18H,12-14H2,1-3H3. The molecule has 0 fully saturated rings. The van der Waals surface area contributed by atoms with E-state index in [-0.39, 0.29) is 5.54 Å². The molecule has 0 atom stereocenters. The molecule has 0 bridgehead atoms. The minimum absolute atomic E-state index is 0.161. The van der Waals surface area contributed by atoms with Gasteiger partial charge in [-0.2, -0.15) is 0 Å². The van der Waals surface area contributed by atoms with Crippen LogP contribution in [0.15, 0.2) is 53.6 Å². The Morgan fingerprint density at radius 1 is 1.05 bits per heavy atom. The maximum Gasteiger partial charge on any atom is 0.0363 e. The van der Waals surface area contributed by atoms with Crippen LogP contribution in [-0.4, -0.2) is 15.9 Å². The molecule has 108 valence electrons. The summed E-state index contributed by atoms with van der Waals surface area (Å²) < 4.78 is 2.34. The van der Waals surface area contributed by atoms with Gasteiger partial charge in [0.15, 0.2) is 0 Å². The van der Waals surface area contributed by atoms with E-state index in [9.17, 15) is 0 Å². The van der Waals surface area contributed by atoms with Crippen molar-refractivity contribution in [3.05, 3.63) is 54.4 Å². The van der Waals surface area contributed by atoms with Gasteiger partial charge in [-0.25, -0.2) is 0 Å². The van der Waals surface area contributed by atoms with Crippen molar-refractivity contribution in [2.75, 3.05) is 5.75 Å². The van der Waals surface area contributed by atoms with E-state index in [1.54, 1.807) is 0 Å². The summed E-state index contributed by atoms with van der Waals surface area (Å²) in [6.07, 6.45) is 2.17. The molecule has 0 amide bonds. The van der Waals surface area contributed by atoms with Gasteiger partial charge < -0.3 is 9.88 Å². The molecule has 20 heavy (non-hydrogen) atoms. The zero-order valence-corrected chi connectivity index (χ0v) is 13.4. The molecule has 0 saturated carbocycles. The van der Waals surface area contributed by atoms with Gasteiger partial charge in [0.05, 0.1) is 0 Å². The van der Waals surface area contributed by atoms with Gasteiger partial charge >= 0.3 is 0 Å². The average molecular weight is 288 g/mol. The van der Waals surface area contributed by atoms with E-state index >= 15 is 0 Å². The predicted octanol–water partition coefficient (Wildman–Crippen LogP) is 4.17. The minimum Gasteiger partial charge on any atom is -0.349 e. The first-order chi connectivity index (χ1) is 9.54. The lowest BCUT2D eigenvalue weighted by atomic mass is 10.1. The molecule has 0 aliphatic carbocycles. The van der Waals surface area contributed by atoms with Gasteiger partial charge in [0.2, 0.25) is 0 Å². The second kappa shape index (κ2) is 7.00. The Bertz CT molecular complexity index is 511. The van der Waals surface area contributed by atoms with Crippen LogP contribution in [0.4, 0.5) is 0 Å². The van der Waals surface area contributed by atoms with E-state index in [0.29, 0.717) is 0 Å². The van der Waals surface area contributed by atoms with Crippen LogP contribution in [-0.2, 0) is 13.1 Å². The van der Waals surface area contributed by atoms with E-state index in [2.05, 4.69) is 79.3 Å². The molecule has 0 spiro atoms. The van der Waals surface area contributed by atoms with E-state index in [0.717, 1.165) is 18.8 Å². The Morgan fingerprint density at radius 2 is 1.80 bits per heavy atom. The second-order valence-electron chi connectivity index (χ2n) is 5.96. The van der Waals surface area contributed by atoms with E-state index in [1.165, 1.54) is 10.6 Å². The Balaban J connectivity index is 1.83. The first-order valence-corrected chi connectivity index (χ1v) is 8.10. The quantitative estimate of drug-likeness (QED) is 0.804. The fraction of sp³-hybridized carbons (Fsp3) is 0.412. The third-order valence-electron chi connectivity index (χ3n) is 3.07. The molecule has 2 nitrogen and oxygen atoms in total. The number of rotatable bonds is 6. The van der Waals surface area contributed by atoms with Crippen LogP contribution in [0.5, 0.6) is 0 Å². The van der Waals surface area contributed by atoms with E-state index < -0.39 is 0 Å². The Morgan fingerprint density at radius 3 is 2.50 bits per heavy atom. The van der Waals surface area contributed by atoms with Gasteiger partial charge in [0.1, 0.15) is 0 Å². The molecular formula is C17H24N2S. The van der Waals surface area contributed by atoms with Gasteiger partial charge in [-0.3, -0.25) is 0 Å². The molecule has 0 unspecified atom stereocenters. The molecule has 0 aliphatic heterocycles. The van der Waals surface area contributed by atoms with Crippen LogP contribution >= 0.6 is 11.8 Å². The molecular weight excluding hydrogens is 264 g/mol. The number of hydrogen-bond acceptors (Lipinski definition) is 2. The van der Waals surface area contributed by atoms with Gasteiger partial charge in [-0.05, 0) is 45.0 Å². The smallest absolute Gasteiger partial charge is 0.0363 e. The van der Waals surface area contributed by atoms with Gasteiger partial charge in [-0.1, -0.05) is 18.2 Å². The highest BCUT2D eigenvalue weighted by atomic mass is 32.2. The Kier molecular flexibility index (Phi) is 5.32. The van der Waals surface area contributed by atoms with Crippen LogP contribution in [0.3, 0.4) is 0 Å². The summed E-state index contributed by atoms with van der Waals surface area (Å²) in [4.78, 5) is 1.34. The van der Waals surface area contributed by atoms with E-state index in [1.807, 2.05) is 11.8 Å². The average Bonchev–Trinajstić information content (AvgIpc) is 2.84. The Labute approximate surface area is 126 Å². The third-order valence-corrected chi connectivity index (χ3v) is 4.06. The fourth-order valence-corrected chi connectivity index (χ4v) is 2.84. The summed E-state index contributed by atoms with van der Waals surface area (Å²) in [5.74, 6) is 1.10. The molecule has 2 aromatic rings. The maximum absolute atomic E-state index is 3.55. The van der Waals surface area contributed by atoms with Crippen molar-refractivity contribution in [1.82, 2.24) is 9.88 Å². The molecule has 1 aromatic carbocycles. The summed E-state index contributed by atoms with van der Waals surface area (Å²) in [5.41, 5.74) is 1.52. The molecule has 3 heteroatoms. The second-order valence-corrected chi connectivity index (χ2v) is 7.13. The van der Waals surface area contributed by atoms with Crippen molar-refractivity contribution in [2.45, 2.75) is 44.3 Å². The van der Waals surface area contributed by atoms with Crippen LogP contribution < -0.4 is 5.32 Å². The largest absolute Gasteiger partial charge is 0.349 e. The highest BCUT2D eigenvalue weighted by Gasteiger charge is 2.09. The first-order valence-electron chi connectivity index (χ1n) is 7.11. The van der Waals surface area contributed by atoms with Crippen molar-refractivity contribution < 1.29 is 0 Å². The van der Waals surface area contributed by atoms with Crippen molar-refractivity contribution in [3.63, 3.8) is 0 Å². The molecule has 1 heterocycles. The summed E-state index contributed by atoms with van der Waals surface area (Å²) in [6.45, 7) is 8.57. The number of aromatic nitrogens is 1. The number of thioether (sulfide) groups is 1. The van der Waals surface area contributed by atoms with Crippen molar-refractivity contribution in [2.24, 2.45) is 0 Å². The lowest BCUT2D eigenvalue weighted by Gasteiger charge is -2.21. The molecule has 0 radical (unpaired) electrons. The van der Waals surface area contributed by atoms with Gasteiger partial charge in [0, 0.05) is 41.2 Å². The van der Waals surface area contributed by atoms with Gasteiger partial charge in [0.25, 0.3) is 0 Å². The zero-order chi connectivity index (χ0) is 14.4. The zero-order valence-electron chi connectivity index (χ0n) is 12.6. The normalized spacial score (nSPS) is 11.8. The summed E-state index contributed by atoms with van der Waals surface area (Å²) in [6, 6.07) is 14.9. The highest BCUT2D eigenvalue weighted by molar-refractivity contribution is 7.99. The lowest BCUT2D eigenvalue weighted by Crippen LogP contribution is -2.35. The van der Waals surface area contributed by atoms with Crippen LogP contribution in [0.2, 0.25) is 0 Å². The summed E-state index contributed by atoms with van der Waals surface area (Å²) in [7, 11) is 0.